The number of nitrogens with zero attached hydrogens (tertiary/aromatic N) is 2. The molecule has 9 heteroatoms. The molecular weight excluding hydrogens is 419 g/mol. The topological polar surface area (TPSA) is 70.1 Å². The monoisotopic (exact) mass is 434 g/mol. The van der Waals surface area contributed by atoms with Crippen molar-refractivity contribution < 1.29 is 9.59 Å². The van der Waals surface area contributed by atoms with E-state index in [0.717, 1.165) is 5.69 Å². The number of nitrogens with one attached hydrogen (secondary N) is 2. The second kappa shape index (κ2) is 8.60. The molecule has 0 aliphatic rings. The first-order chi connectivity index (χ1) is 13.4. The van der Waals surface area contributed by atoms with Gasteiger partial charge in [0, 0.05) is 18.9 Å². The van der Waals surface area contributed by atoms with E-state index in [1.807, 2.05) is 30.3 Å². The molecule has 3 aromatic rings. The molecule has 0 saturated heterocycles. The number of halogens is 2. The third-order valence-corrected chi connectivity index (χ3v) is 4.89. The number of anilines is 1. The highest BCUT2D eigenvalue weighted by Crippen LogP contribution is 2.29. The number of carbonyl (C=O) groups is 2. The average molecular weight is 435 g/mol. The zero-order chi connectivity index (χ0) is 20.3. The van der Waals surface area contributed by atoms with Crippen LogP contribution in [-0.2, 0) is 4.79 Å². The highest BCUT2D eigenvalue weighted by Gasteiger charge is 2.21. The van der Waals surface area contributed by atoms with Gasteiger partial charge in [-0.2, -0.15) is 0 Å². The van der Waals surface area contributed by atoms with Gasteiger partial charge < -0.3 is 15.2 Å². The van der Waals surface area contributed by atoms with Gasteiger partial charge in [0.25, 0.3) is 5.91 Å². The van der Waals surface area contributed by atoms with Crippen molar-refractivity contribution in [3.05, 3.63) is 75.2 Å². The van der Waals surface area contributed by atoms with Crippen molar-refractivity contribution in [1.82, 2.24) is 14.5 Å². The van der Waals surface area contributed by atoms with Crippen molar-refractivity contribution in [2.75, 3.05) is 18.9 Å². The molecule has 0 saturated carbocycles. The van der Waals surface area contributed by atoms with Crippen LogP contribution >= 0.6 is 35.4 Å². The summed E-state index contributed by atoms with van der Waals surface area (Å²) >= 11 is 17.4. The average Bonchev–Trinajstić information content (AvgIpc) is 3.06. The van der Waals surface area contributed by atoms with E-state index >= 15 is 0 Å². The molecule has 3 rings (SSSR count). The van der Waals surface area contributed by atoms with Crippen molar-refractivity contribution in [3.8, 4) is 5.69 Å². The van der Waals surface area contributed by atoms with E-state index in [9.17, 15) is 9.59 Å². The van der Waals surface area contributed by atoms with Crippen LogP contribution in [0.25, 0.3) is 5.69 Å². The molecule has 0 bridgehead atoms. The molecule has 0 radical (unpaired) electrons. The number of rotatable bonds is 5. The number of para-hydroxylation sites is 2. The molecule has 6 nitrogen and oxygen atoms in total. The highest BCUT2D eigenvalue weighted by molar-refractivity contribution is 7.71. The Labute approximate surface area is 176 Å². The second-order valence-electron chi connectivity index (χ2n) is 5.96. The van der Waals surface area contributed by atoms with E-state index < -0.39 is 5.91 Å². The number of likely N-dealkylation sites (N-methyl/N-ethyl adjacent to an activating group) is 1. The minimum Gasteiger partial charge on any atom is -0.336 e. The van der Waals surface area contributed by atoms with Gasteiger partial charge in [-0.15, -0.1) is 0 Å². The molecule has 0 spiro atoms. The van der Waals surface area contributed by atoms with Crippen LogP contribution in [0.2, 0.25) is 10.0 Å². The second-order valence-corrected chi connectivity index (χ2v) is 7.16. The molecule has 28 heavy (non-hydrogen) atoms. The molecule has 0 aliphatic carbocycles. The number of carbonyl (C=O) groups excluding carboxylic acids is 2. The summed E-state index contributed by atoms with van der Waals surface area (Å²) in [5.74, 6) is -0.789. The van der Waals surface area contributed by atoms with E-state index in [1.165, 1.54) is 18.1 Å². The summed E-state index contributed by atoms with van der Waals surface area (Å²) in [6.07, 6.45) is 1.52. The molecular formula is C19H16Cl2N4O2S. The van der Waals surface area contributed by atoms with Gasteiger partial charge >= 0.3 is 0 Å². The Bertz CT molecular complexity index is 1060. The number of hydrogen-bond donors (Lipinski definition) is 2. The number of benzene rings is 2. The standard InChI is InChI=1S/C19H16Cl2N4O2S/c1-24(11-16(26)23-17-13(20)8-5-9-14(17)21)18(27)15-10-22-19(28)25(15)12-6-3-2-4-7-12/h2-10H,11H2,1H3,(H,22,28)(H,23,26). The summed E-state index contributed by atoms with van der Waals surface area (Å²) in [7, 11) is 1.53. The van der Waals surface area contributed by atoms with Gasteiger partial charge in [-0.25, -0.2) is 0 Å². The normalized spacial score (nSPS) is 10.5. The van der Waals surface area contributed by atoms with Crippen LogP contribution in [0.3, 0.4) is 0 Å². The number of imidazole rings is 1. The maximum atomic E-state index is 12.9. The zero-order valence-corrected chi connectivity index (χ0v) is 17.1. The van der Waals surface area contributed by atoms with Gasteiger partial charge in [0.1, 0.15) is 5.69 Å². The number of hydrogen-bond acceptors (Lipinski definition) is 3. The summed E-state index contributed by atoms with van der Waals surface area (Å²) in [5, 5.41) is 3.27. The van der Waals surface area contributed by atoms with Crippen LogP contribution in [0.1, 0.15) is 10.5 Å². The number of H-pyrrole nitrogens is 1. The van der Waals surface area contributed by atoms with Crippen molar-refractivity contribution in [1.29, 1.82) is 0 Å². The smallest absolute Gasteiger partial charge is 0.272 e. The zero-order valence-electron chi connectivity index (χ0n) is 14.8. The number of aromatic amines is 1. The van der Waals surface area contributed by atoms with Crippen LogP contribution in [0, 0.1) is 4.77 Å². The minimum absolute atomic E-state index is 0.187. The Balaban J connectivity index is 1.77. The molecule has 0 fully saturated rings. The molecule has 144 valence electrons. The quantitative estimate of drug-likeness (QED) is 0.578. The lowest BCUT2D eigenvalue weighted by molar-refractivity contribution is -0.116. The largest absolute Gasteiger partial charge is 0.336 e. The Morgan fingerprint density at radius 3 is 2.39 bits per heavy atom. The summed E-state index contributed by atoms with van der Waals surface area (Å²) in [6, 6.07) is 14.2. The van der Waals surface area contributed by atoms with Crippen LogP contribution < -0.4 is 5.32 Å². The third kappa shape index (κ3) is 4.27. The predicted octanol–water partition coefficient (Wildman–Crippen LogP) is 4.55. The van der Waals surface area contributed by atoms with Gasteiger partial charge in [-0.1, -0.05) is 47.5 Å². The SMILES string of the molecule is CN(CC(=O)Nc1c(Cl)cccc1Cl)C(=O)c1c[nH]c(=S)n1-c1ccccc1. The van der Waals surface area contributed by atoms with E-state index in [0.29, 0.717) is 26.2 Å². The van der Waals surface area contributed by atoms with Gasteiger partial charge in [0.05, 0.1) is 22.3 Å². The summed E-state index contributed by atoms with van der Waals surface area (Å²) < 4.78 is 2.01. The fourth-order valence-electron chi connectivity index (χ4n) is 2.64. The third-order valence-electron chi connectivity index (χ3n) is 3.96. The van der Waals surface area contributed by atoms with Crippen LogP contribution in [0.5, 0.6) is 0 Å². The molecule has 2 amide bonds. The number of aromatic nitrogens is 2. The molecule has 2 aromatic carbocycles. The molecule has 2 N–H and O–H groups in total. The van der Waals surface area contributed by atoms with Gasteiger partial charge in [-0.3, -0.25) is 14.2 Å². The van der Waals surface area contributed by atoms with E-state index in [1.54, 1.807) is 22.8 Å². The number of amides is 2. The summed E-state index contributed by atoms with van der Waals surface area (Å²) in [4.78, 5) is 29.4. The fourth-order valence-corrected chi connectivity index (χ4v) is 3.39. The lowest BCUT2D eigenvalue weighted by Gasteiger charge is -2.18. The Morgan fingerprint density at radius 1 is 1.11 bits per heavy atom. The maximum absolute atomic E-state index is 12.9. The Hall–Kier alpha value is -2.61. The van der Waals surface area contributed by atoms with Crippen molar-refractivity contribution in [3.63, 3.8) is 0 Å². The molecule has 0 atom stereocenters. The molecule has 1 heterocycles. The molecule has 1 aromatic heterocycles. The lowest BCUT2D eigenvalue weighted by atomic mass is 10.3. The predicted molar refractivity (Wildman–Crippen MR) is 113 cm³/mol. The Morgan fingerprint density at radius 2 is 1.75 bits per heavy atom. The summed E-state index contributed by atoms with van der Waals surface area (Å²) in [5.41, 5.74) is 1.38. The first-order valence-electron chi connectivity index (χ1n) is 8.23. The highest BCUT2D eigenvalue weighted by atomic mass is 35.5. The van der Waals surface area contributed by atoms with E-state index in [-0.39, 0.29) is 12.5 Å². The van der Waals surface area contributed by atoms with Gasteiger partial charge in [-0.05, 0) is 36.5 Å². The van der Waals surface area contributed by atoms with E-state index in [4.69, 9.17) is 35.4 Å². The van der Waals surface area contributed by atoms with Crippen LogP contribution in [0.4, 0.5) is 5.69 Å². The fraction of sp³-hybridized carbons (Fsp3) is 0.105. The van der Waals surface area contributed by atoms with Crippen molar-refractivity contribution >= 4 is 52.9 Å². The first kappa shape index (κ1) is 20.1. The molecule has 0 unspecified atom stereocenters. The van der Waals surface area contributed by atoms with Gasteiger partial charge in [0.2, 0.25) is 5.91 Å². The van der Waals surface area contributed by atoms with Crippen LogP contribution in [-0.4, -0.2) is 39.9 Å². The van der Waals surface area contributed by atoms with Crippen LogP contribution in [0.15, 0.2) is 54.7 Å². The molecule has 0 aliphatic heterocycles. The maximum Gasteiger partial charge on any atom is 0.272 e. The first-order valence-corrected chi connectivity index (χ1v) is 9.40. The van der Waals surface area contributed by atoms with E-state index in [2.05, 4.69) is 10.3 Å². The minimum atomic E-state index is -0.425. The summed E-state index contributed by atoms with van der Waals surface area (Å²) in [6.45, 7) is -0.187. The Kier molecular flexibility index (Phi) is 6.18. The van der Waals surface area contributed by atoms with Crippen molar-refractivity contribution in [2.24, 2.45) is 0 Å². The van der Waals surface area contributed by atoms with Gasteiger partial charge in [0.15, 0.2) is 4.77 Å². The van der Waals surface area contributed by atoms with Crippen molar-refractivity contribution in [2.45, 2.75) is 0 Å². The lowest BCUT2D eigenvalue weighted by Crippen LogP contribution is -2.36.